The molecule has 9 heteroatoms. The van der Waals surface area contributed by atoms with Crippen LogP contribution in [0.3, 0.4) is 0 Å². The number of aryl methyl sites for hydroxylation is 1. The van der Waals surface area contributed by atoms with Gasteiger partial charge in [0.15, 0.2) is 0 Å². The van der Waals surface area contributed by atoms with Gasteiger partial charge in [-0.1, -0.05) is 0 Å². The molecule has 1 amide bonds. The molecule has 0 radical (unpaired) electrons. The quantitative estimate of drug-likeness (QED) is 0.721. The van der Waals surface area contributed by atoms with Crippen molar-refractivity contribution in [2.75, 3.05) is 31.2 Å². The van der Waals surface area contributed by atoms with Gasteiger partial charge in [0.05, 0.1) is 19.4 Å². The van der Waals surface area contributed by atoms with Crippen molar-refractivity contribution in [3.8, 4) is 10.6 Å². The maximum absolute atomic E-state index is 12.4. The summed E-state index contributed by atoms with van der Waals surface area (Å²) in [5.41, 5.74) is 2.33. The molecule has 27 heavy (non-hydrogen) atoms. The summed E-state index contributed by atoms with van der Waals surface area (Å²) in [4.78, 5) is 23.5. The van der Waals surface area contributed by atoms with Crippen molar-refractivity contribution < 1.29 is 9.53 Å². The lowest BCUT2D eigenvalue weighted by atomic mass is 10.2. The Morgan fingerprint density at radius 3 is 3.00 bits per heavy atom. The van der Waals surface area contributed by atoms with Crippen molar-refractivity contribution in [3.05, 3.63) is 47.4 Å². The molecule has 3 aromatic heterocycles. The summed E-state index contributed by atoms with van der Waals surface area (Å²) in [6.07, 6.45) is 5.39. The van der Waals surface area contributed by atoms with Gasteiger partial charge < -0.3 is 15.0 Å². The van der Waals surface area contributed by atoms with E-state index in [0.29, 0.717) is 25.5 Å². The number of aromatic nitrogens is 4. The van der Waals surface area contributed by atoms with E-state index in [9.17, 15) is 4.79 Å². The largest absolute Gasteiger partial charge is 0.378 e. The second-order valence-corrected chi connectivity index (χ2v) is 7.10. The lowest BCUT2D eigenvalue weighted by Gasteiger charge is -2.28. The van der Waals surface area contributed by atoms with Crippen molar-refractivity contribution >= 4 is 23.1 Å². The molecule has 1 N–H and O–H groups in total. The first kappa shape index (κ1) is 17.6. The highest BCUT2D eigenvalue weighted by molar-refractivity contribution is 7.13. The summed E-state index contributed by atoms with van der Waals surface area (Å²) in [5.74, 6) is 0.726. The van der Waals surface area contributed by atoms with E-state index >= 15 is 0 Å². The standard InChI is InChI=1S/C18H20N6O2S/c1-23-11-14(10-21-23)18-22-15(12-27-18)17(25)20-9-13-2-3-19-16(8-13)24-4-6-26-7-5-24/h2-3,8,10-12H,4-7,9H2,1H3,(H,20,25). The van der Waals surface area contributed by atoms with E-state index in [1.54, 1.807) is 22.5 Å². The predicted molar refractivity (Wildman–Crippen MR) is 103 cm³/mol. The third-order valence-electron chi connectivity index (χ3n) is 4.29. The Labute approximate surface area is 160 Å². The maximum atomic E-state index is 12.4. The number of ether oxygens (including phenoxy) is 1. The van der Waals surface area contributed by atoms with Crippen molar-refractivity contribution in [1.82, 2.24) is 25.1 Å². The first-order valence-corrected chi connectivity index (χ1v) is 9.57. The Balaban J connectivity index is 1.38. The van der Waals surface area contributed by atoms with E-state index in [4.69, 9.17) is 4.74 Å². The molecule has 0 aromatic carbocycles. The van der Waals surface area contributed by atoms with Crippen molar-refractivity contribution in [2.24, 2.45) is 7.05 Å². The Morgan fingerprint density at radius 1 is 1.37 bits per heavy atom. The molecule has 0 atom stereocenters. The SMILES string of the molecule is Cn1cc(-c2nc(C(=O)NCc3ccnc(N4CCOCC4)c3)cs2)cn1. The van der Waals surface area contributed by atoms with Crippen LogP contribution in [0.4, 0.5) is 5.82 Å². The summed E-state index contributed by atoms with van der Waals surface area (Å²) < 4.78 is 7.09. The number of thiazole rings is 1. The third kappa shape index (κ3) is 4.15. The molecule has 8 nitrogen and oxygen atoms in total. The zero-order chi connectivity index (χ0) is 18.6. The second kappa shape index (κ2) is 7.85. The average Bonchev–Trinajstić information content (AvgIpc) is 3.36. The van der Waals surface area contributed by atoms with Gasteiger partial charge in [-0.2, -0.15) is 5.10 Å². The molecule has 1 aliphatic rings. The van der Waals surface area contributed by atoms with Gasteiger partial charge >= 0.3 is 0 Å². The fourth-order valence-corrected chi connectivity index (χ4v) is 3.63. The fourth-order valence-electron chi connectivity index (χ4n) is 2.85. The van der Waals surface area contributed by atoms with Crippen LogP contribution >= 0.6 is 11.3 Å². The topological polar surface area (TPSA) is 85.2 Å². The van der Waals surface area contributed by atoms with Crippen molar-refractivity contribution in [1.29, 1.82) is 0 Å². The van der Waals surface area contributed by atoms with E-state index in [0.717, 1.165) is 35.0 Å². The van der Waals surface area contributed by atoms with Crippen LogP contribution in [-0.2, 0) is 18.3 Å². The molecule has 0 spiro atoms. The van der Waals surface area contributed by atoms with Crippen LogP contribution < -0.4 is 10.2 Å². The van der Waals surface area contributed by atoms with Crippen molar-refractivity contribution in [2.45, 2.75) is 6.54 Å². The second-order valence-electron chi connectivity index (χ2n) is 6.24. The summed E-state index contributed by atoms with van der Waals surface area (Å²) in [5, 5.41) is 9.61. The van der Waals surface area contributed by atoms with Crippen LogP contribution in [-0.4, -0.2) is 52.0 Å². The van der Waals surface area contributed by atoms with E-state index in [1.807, 2.05) is 25.4 Å². The molecule has 4 rings (SSSR count). The summed E-state index contributed by atoms with van der Waals surface area (Å²) in [6.45, 7) is 3.52. The van der Waals surface area contributed by atoms with Gasteiger partial charge in [0.1, 0.15) is 16.5 Å². The number of pyridine rings is 1. The molecule has 3 aromatic rings. The third-order valence-corrected chi connectivity index (χ3v) is 5.18. The van der Waals surface area contributed by atoms with Crippen LogP contribution in [0.25, 0.3) is 10.6 Å². The molecule has 0 unspecified atom stereocenters. The molecule has 0 aliphatic carbocycles. The number of nitrogens with zero attached hydrogens (tertiary/aromatic N) is 5. The molecule has 1 fully saturated rings. The highest BCUT2D eigenvalue weighted by Gasteiger charge is 2.14. The molecule has 140 valence electrons. The number of nitrogens with one attached hydrogen (secondary N) is 1. The number of hydrogen-bond donors (Lipinski definition) is 1. The minimum absolute atomic E-state index is 0.189. The van der Waals surface area contributed by atoms with Crippen LogP contribution in [0, 0.1) is 0 Å². The number of anilines is 1. The van der Waals surface area contributed by atoms with Crippen molar-refractivity contribution in [3.63, 3.8) is 0 Å². The normalized spacial score (nSPS) is 14.3. The van der Waals surface area contributed by atoms with Gasteiger partial charge in [-0.05, 0) is 17.7 Å². The lowest BCUT2D eigenvalue weighted by Crippen LogP contribution is -2.36. The van der Waals surface area contributed by atoms with Gasteiger partial charge in [0.25, 0.3) is 5.91 Å². The number of morpholine rings is 1. The lowest BCUT2D eigenvalue weighted by molar-refractivity contribution is 0.0946. The summed E-state index contributed by atoms with van der Waals surface area (Å²) in [7, 11) is 1.85. The van der Waals surface area contributed by atoms with E-state index in [1.165, 1.54) is 11.3 Å². The Hall–Kier alpha value is -2.78. The van der Waals surface area contributed by atoms with Gasteiger partial charge in [0, 0.05) is 50.0 Å². The highest BCUT2D eigenvalue weighted by Crippen LogP contribution is 2.23. The average molecular weight is 384 g/mol. The zero-order valence-corrected chi connectivity index (χ0v) is 15.8. The molecule has 1 saturated heterocycles. The van der Waals surface area contributed by atoms with Gasteiger partial charge in [-0.15, -0.1) is 11.3 Å². The Morgan fingerprint density at radius 2 is 2.22 bits per heavy atom. The monoisotopic (exact) mass is 384 g/mol. The number of amides is 1. The van der Waals surface area contributed by atoms with E-state index in [2.05, 4.69) is 25.3 Å². The molecular formula is C18H20N6O2S. The summed E-state index contributed by atoms with van der Waals surface area (Å²) in [6, 6.07) is 3.92. The van der Waals surface area contributed by atoms with Crippen LogP contribution in [0.2, 0.25) is 0 Å². The van der Waals surface area contributed by atoms with Crippen LogP contribution in [0.1, 0.15) is 16.1 Å². The molecule has 0 bridgehead atoms. The first-order chi connectivity index (χ1) is 13.2. The van der Waals surface area contributed by atoms with Crippen LogP contribution in [0.5, 0.6) is 0 Å². The molecule has 4 heterocycles. The fraction of sp³-hybridized carbons (Fsp3) is 0.333. The van der Waals surface area contributed by atoms with Crippen LogP contribution in [0.15, 0.2) is 36.1 Å². The molecule has 1 aliphatic heterocycles. The Bertz CT molecular complexity index is 931. The number of carbonyl (C=O) groups excluding carboxylic acids is 1. The minimum Gasteiger partial charge on any atom is -0.378 e. The molecule has 0 saturated carbocycles. The number of carbonyl (C=O) groups is 1. The van der Waals surface area contributed by atoms with E-state index < -0.39 is 0 Å². The summed E-state index contributed by atoms with van der Waals surface area (Å²) >= 11 is 1.43. The van der Waals surface area contributed by atoms with Gasteiger partial charge in [0.2, 0.25) is 0 Å². The predicted octanol–water partition coefficient (Wildman–Crippen LogP) is 1.71. The highest BCUT2D eigenvalue weighted by atomic mass is 32.1. The van der Waals surface area contributed by atoms with E-state index in [-0.39, 0.29) is 5.91 Å². The Kier molecular flexibility index (Phi) is 5.12. The number of rotatable bonds is 5. The maximum Gasteiger partial charge on any atom is 0.271 e. The molecular weight excluding hydrogens is 364 g/mol. The van der Waals surface area contributed by atoms with Gasteiger partial charge in [-0.3, -0.25) is 9.48 Å². The minimum atomic E-state index is -0.189. The first-order valence-electron chi connectivity index (χ1n) is 8.69. The smallest absolute Gasteiger partial charge is 0.271 e. The number of hydrogen-bond acceptors (Lipinski definition) is 7. The zero-order valence-electron chi connectivity index (χ0n) is 15.0. The van der Waals surface area contributed by atoms with Gasteiger partial charge in [-0.25, -0.2) is 9.97 Å².